The van der Waals surface area contributed by atoms with Gasteiger partial charge in [-0.3, -0.25) is 10.1 Å². The molecule has 0 aliphatic carbocycles. The standard InChI is InChI=1S/C13H22N6O3.ClH/c1-11-12(19(21)22)13(16(2)15-11)14-4-3-5-17-6-7-18(10-17)8-9-20;/h6-7,14,20H,3-5,8-10H2,1-2H3;1H. The van der Waals surface area contributed by atoms with E-state index in [1.165, 1.54) is 4.68 Å². The molecule has 2 rings (SSSR count). The van der Waals surface area contributed by atoms with E-state index in [-0.39, 0.29) is 24.7 Å². The van der Waals surface area contributed by atoms with E-state index in [9.17, 15) is 10.1 Å². The van der Waals surface area contributed by atoms with Crippen LogP contribution in [0.4, 0.5) is 11.5 Å². The first-order chi connectivity index (χ1) is 10.5. The maximum atomic E-state index is 11.1. The van der Waals surface area contributed by atoms with Gasteiger partial charge in [0.2, 0.25) is 5.82 Å². The molecule has 0 atom stereocenters. The Kier molecular flexibility index (Phi) is 7.11. The number of hydrogen-bond acceptors (Lipinski definition) is 7. The first-order valence-electron chi connectivity index (χ1n) is 7.22. The van der Waals surface area contributed by atoms with E-state index in [2.05, 4.69) is 15.3 Å². The Balaban J connectivity index is 0.00000264. The molecule has 0 fully saturated rings. The SMILES string of the molecule is Cc1nn(C)c(NCCCN2C=CN(CCO)C2)c1[N+](=O)[O-].Cl. The van der Waals surface area contributed by atoms with Gasteiger partial charge in [0.05, 0.1) is 18.2 Å². The first-order valence-corrected chi connectivity index (χ1v) is 7.22. The summed E-state index contributed by atoms with van der Waals surface area (Å²) in [5.41, 5.74) is 0.454. The fourth-order valence-corrected chi connectivity index (χ4v) is 2.49. The third-order valence-corrected chi connectivity index (χ3v) is 3.53. The number of aryl methyl sites for hydroxylation is 2. The molecule has 130 valence electrons. The molecule has 0 saturated carbocycles. The van der Waals surface area contributed by atoms with Gasteiger partial charge in [0.25, 0.3) is 0 Å². The van der Waals surface area contributed by atoms with Gasteiger partial charge in [-0.05, 0) is 13.3 Å². The molecule has 0 aromatic carbocycles. The predicted molar refractivity (Wildman–Crippen MR) is 89.5 cm³/mol. The van der Waals surface area contributed by atoms with Gasteiger partial charge in [0.1, 0.15) is 5.69 Å². The van der Waals surface area contributed by atoms with Crippen molar-refractivity contribution in [2.75, 3.05) is 38.2 Å². The van der Waals surface area contributed by atoms with Crippen molar-refractivity contribution in [1.29, 1.82) is 0 Å². The van der Waals surface area contributed by atoms with E-state index >= 15 is 0 Å². The van der Waals surface area contributed by atoms with Crippen LogP contribution in [0.1, 0.15) is 12.1 Å². The van der Waals surface area contributed by atoms with Gasteiger partial charge in [0, 0.05) is 39.1 Å². The quantitative estimate of drug-likeness (QED) is 0.410. The minimum atomic E-state index is -0.402. The zero-order valence-electron chi connectivity index (χ0n) is 13.3. The molecule has 0 unspecified atom stereocenters. The monoisotopic (exact) mass is 346 g/mol. The van der Waals surface area contributed by atoms with E-state index in [1.54, 1.807) is 14.0 Å². The fourth-order valence-electron chi connectivity index (χ4n) is 2.49. The molecule has 2 heterocycles. The number of aliphatic hydroxyl groups excluding tert-OH is 1. The van der Waals surface area contributed by atoms with E-state index in [0.29, 0.717) is 24.6 Å². The molecule has 0 saturated heterocycles. The molecule has 0 radical (unpaired) electrons. The highest BCUT2D eigenvalue weighted by Crippen LogP contribution is 2.27. The van der Waals surface area contributed by atoms with Gasteiger partial charge in [-0.2, -0.15) is 5.10 Å². The molecular weight excluding hydrogens is 324 g/mol. The Morgan fingerprint density at radius 1 is 1.39 bits per heavy atom. The molecular formula is C13H23ClN6O3. The highest BCUT2D eigenvalue weighted by atomic mass is 35.5. The normalized spacial score (nSPS) is 13.3. The van der Waals surface area contributed by atoms with Gasteiger partial charge in [-0.25, -0.2) is 4.68 Å². The fraction of sp³-hybridized carbons (Fsp3) is 0.615. The maximum absolute atomic E-state index is 11.1. The Labute approximate surface area is 141 Å². The van der Waals surface area contributed by atoms with Crippen molar-refractivity contribution in [2.24, 2.45) is 7.05 Å². The molecule has 0 amide bonds. The number of aliphatic hydroxyl groups is 1. The van der Waals surface area contributed by atoms with Gasteiger partial charge in [0.15, 0.2) is 0 Å². The lowest BCUT2D eigenvalue weighted by Crippen LogP contribution is -2.28. The number of halogens is 1. The van der Waals surface area contributed by atoms with Crippen molar-refractivity contribution in [2.45, 2.75) is 13.3 Å². The number of nitrogens with zero attached hydrogens (tertiary/aromatic N) is 5. The highest BCUT2D eigenvalue weighted by Gasteiger charge is 2.23. The van der Waals surface area contributed by atoms with Crippen molar-refractivity contribution in [3.63, 3.8) is 0 Å². The maximum Gasteiger partial charge on any atom is 0.333 e. The smallest absolute Gasteiger partial charge is 0.333 e. The molecule has 1 aromatic rings. The van der Waals surface area contributed by atoms with E-state index in [4.69, 9.17) is 5.11 Å². The average Bonchev–Trinajstić information content (AvgIpc) is 3.00. The number of rotatable bonds is 8. The summed E-state index contributed by atoms with van der Waals surface area (Å²) in [7, 11) is 1.69. The van der Waals surface area contributed by atoms with E-state index < -0.39 is 4.92 Å². The second-order valence-electron chi connectivity index (χ2n) is 5.23. The summed E-state index contributed by atoms with van der Waals surface area (Å²) in [4.78, 5) is 14.8. The van der Waals surface area contributed by atoms with Gasteiger partial charge < -0.3 is 20.2 Å². The van der Waals surface area contributed by atoms with Crippen LogP contribution in [0.5, 0.6) is 0 Å². The van der Waals surface area contributed by atoms with Gasteiger partial charge in [-0.15, -0.1) is 12.4 Å². The van der Waals surface area contributed by atoms with Crippen molar-refractivity contribution >= 4 is 23.9 Å². The summed E-state index contributed by atoms with van der Waals surface area (Å²) in [5, 5.41) is 27.1. The summed E-state index contributed by atoms with van der Waals surface area (Å²) in [6.45, 7) is 4.65. The van der Waals surface area contributed by atoms with Crippen molar-refractivity contribution in [1.82, 2.24) is 19.6 Å². The molecule has 1 aliphatic rings. The van der Waals surface area contributed by atoms with Crippen molar-refractivity contribution in [3.8, 4) is 0 Å². The summed E-state index contributed by atoms with van der Waals surface area (Å²) in [6.07, 6.45) is 4.80. The minimum Gasteiger partial charge on any atom is -0.395 e. The number of nitro groups is 1. The molecule has 10 heteroatoms. The predicted octanol–water partition coefficient (Wildman–Crippen LogP) is 0.899. The van der Waals surface area contributed by atoms with Crippen LogP contribution in [0.15, 0.2) is 12.4 Å². The van der Waals surface area contributed by atoms with Crippen LogP contribution < -0.4 is 5.32 Å². The second-order valence-corrected chi connectivity index (χ2v) is 5.23. The first kappa shape index (κ1) is 19.0. The number of aromatic nitrogens is 2. The van der Waals surface area contributed by atoms with Gasteiger partial charge >= 0.3 is 5.69 Å². The van der Waals surface area contributed by atoms with Crippen LogP contribution >= 0.6 is 12.4 Å². The van der Waals surface area contributed by atoms with Crippen LogP contribution in [0.2, 0.25) is 0 Å². The van der Waals surface area contributed by atoms with Crippen LogP contribution in [-0.2, 0) is 7.05 Å². The van der Waals surface area contributed by atoms with Crippen molar-refractivity contribution in [3.05, 3.63) is 28.2 Å². The molecule has 1 aliphatic heterocycles. The zero-order valence-corrected chi connectivity index (χ0v) is 14.1. The molecule has 23 heavy (non-hydrogen) atoms. The van der Waals surface area contributed by atoms with Crippen LogP contribution in [0.25, 0.3) is 0 Å². The lowest BCUT2D eigenvalue weighted by atomic mass is 10.3. The topological polar surface area (TPSA) is 99.7 Å². The minimum absolute atomic E-state index is 0. The number of hydrogen-bond donors (Lipinski definition) is 2. The summed E-state index contributed by atoms with van der Waals surface area (Å²) in [5.74, 6) is 0.446. The van der Waals surface area contributed by atoms with E-state index in [0.717, 1.165) is 19.6 Å². The molecule has 2 N–H and O–H groups in total. The Hall–Kier alpha value is -2.00. The molecule has 9 nitrogen and oxygen atoms in total. The summed E-state index contributed by atoms with van der Waals surface area (Å²) in [6, 6.07) is 0. The van der Waals surface area contributed by atoms with Gasteiger partial charge in [-0.1, -0.05) is 0 Å². The number of nitrogens with one attached hydrogen (secondary N) is 1. The third-order valence-electron chi connectivity index (χ3n) is 3.53. The number of β-amino-alcohol motifs (C(OH)–C–C–N with tert-alkyl or cyclic N) is 1. The summed E-state index contributed by atoms with van der Waals surface area (Å²) >= 11 is 0. The number of anilines is 1. The molecule has 0 spiro atoms. The Morgan fingerprint density at radius 2 is 2.04 bits per heavy atom. The lowest BCUT2D eigenvalue weighted by molar-refractivity contribution is -0.384. The van der Waals surface area contributed by atoms with Crippen LogP contribution in [0.3, 0.4) is 0 Å². The Morgan fingerprint density at radius 3 is 2.65 bits per heavy atom. The van der Waals surface area contributed by atoms with E-state index in [1.807, 2.05) is 17.3 Å². The average molecular weight is 347 g/mol. The lowest BCUT2D eigenvalue weighted by Gasteiger charge is -2.20. The molecule has 1 aromatic heterocycles. The zero-order chi connectivity index (χ0) is 16.1. The molecule has 0 bridgehead atoms. The highest BCUT2D eigenvalue weighted by molar-refractivity contribution is 5.85. The van der Waals surface area contributed by atoms with Crippen LogP contribution in [-0.4, -0.2) is 62.5 Å². The van der Waals surface area contributed by atoms with Crippen molar-refractivity contribution < 1.29 is 10.0 Å². The summed E-state index contributed by atoms with van der Waals surface area (Å²) < 4.78 is 1.51. The second kappa shape index (κ2) is 8.59. The Bertz CT molecular complexity index is 562. The largest absolute Gasteiger partial charge is 0.395 e. The van der Waals surface area contributed by atoms with Crippen LogP contribution in [0, 0.1) is 17.0 Å². The third kappa shape index (κ3) is 4.73.